The highest BCUT2D eigenvalue weighted by atomic mass is 16.5. The summed E-state index contributed by atoms with van der Waals surface area (Å²) in [5, 5.41) is 1.03. The Hall–Kier alpha value is -2.95. The number of rotatable bonds is 6. The number of ether oxygens (including phenoxy) is 2. The number of fused-ring (bicyclic) bond motifs is 1. The Bertz CT molecular complexity index is 807. The highest BCUT2D eigenvalue weighted by Gasteiger charge is 2.14. The van der Waals surface area contributed by atoms with Crippen LogP contribution in [0.3, 0.4) is 0 Å². The Kier molecular flexibility index (Phi) is 4.70. The molecule has 0 bridgehead atoms. The van der Waals surface area contributed by atoms with Crippen LogP contribution in [0.1, 0.15) is 5.76 Å². The Labute approximate surface area is 140 Å². The molecule has 0 unspecified atom stereocenters. The van der Waals surface area contributed by atoms with Gasteiger partial charge >= 0.3 is 0 Å². The number of amides is 1. The molecule has 0 spiro atoms. The molecule has 0 fully saturated rings. The molecule has 5 heteroatoms. The summed E-state index contributed by atoms with van der Waals surface area (Å²) >= 11 is 0. The third kappa shape index (κ3) is 3.51. The number of hydrogen-bond donors (Lipinski definition) is 0. The molecular formula is C19H19NO4. The Morgan fingerprint density at radius 2 is 1.79 bits per heavy atom. The second kappa shape index (κ2) is 7.08. The molecule has 1 heterocycles. The summed E-state index contributed by atoms with van der Waals surface area (Å²) in [5.41, 5.74) is 0.818. The molecular weight excluding hydrogens is 306 g/mol. The molecule has 0 radical (unpaired) electrons. The molecule has 24 heavy (non-hydrogen) atoms. The van der Waals surface area contributed by atoms with Gasteiger partial charge in [0, 0.05) is 12.4 Å². The lowest BCUT2D eigenvalue weighted by Crippen LogP contribution is -2.30. The van der Waals surface area contributed by atoms with Gasteiger partial charge in [0.15, 0.2) is 18.1 Å². The number of nitrogens with zero attached hydrogens (tertiary/aromatic N) is 1. The number of benzene rings is 2. The first-order chi connectivity index (χ1) is 11.7. The van der Waals surface area contributed by atoms with Gasteiger partial charge in [0.05, 0.1) is 13.7 Å². The monoisotopic (exact) mass is 325 g/mol. The van der Waals surface area contributed by atoms with Crippen molar-refractivity contribution in [1.29, 1.82) is 0 Å². The van der Waals surface area contributed by atoms with E-state index in [4.69, 9.17) is 13.9 Å². The fourth-order valence-corrected chi connectivity index (χ4v) is 2.42. The van der Waals surface area contributed by atoms with E-state index in [-0.39, 0.29) is 12.5 Å². The van der Waals surface area contributed by atoms with Crippen LogP contribution in [-0.4, -0.2) is 31.6 Å². The van der Waals surface area contributed by atoms with E-state index in [0.29, 0.717) is 18.0 Å². The van der Waals surface area contributed by atoms with Crippen molar-refractivity contribution >= 4 is 16.9 Å². The second-order valence-electron chi connectivity index (χ2n) is 5.44. The summed E-state index contributed by atoms with van der Waals surface area (Å²) in [4.78, 5) is 13.8. The lowest BCUT2D eigenvalue weighted by Gasteiger charge is -2.16. The summed E-state index contributed by atoms with van der Waals surface area (Å²) in [6, 6.07) is 17.0. The van der Waals surface area contributed by atoms with Gasteiger partial charge < -0.3 is 18.8 Å². The van der Waals surface area contributed by atoms with E-state index in [1.165, 1.54) is 0 Å². The van der Waals surface area contributed by atoms with E-state index < -0.39 is 0 Å². The number of methoxy groups -OCH3 is 1. The number of carbonyl (C=O) groups excluding carboxylic acids is 1. The van der Waals surface area contributed by atoms with Crippen LogP contribution in [-0.2, 0) is 11.3 Å². The van der Waals surface area contributed by atoms with Crippen molar-refractivity contribution < 1.29 is 18.7 Å². The van der Waals surface area contributed by atoms with Gasteiger partial charge in [-0.2, -0.15) is 0 Å². The first-order valence-corrected chi connectivity index (χ1v) is 7.64. The second-order valence-corrected chi connectivity index (χ2v) is 5.44. The SMILES string of the molecule is COc1ccccc1OCC(=O)N(C)Cc1cc2ccccc2o1. The smallest absolute Gasteiger partial charge is 0.260 e. The Balaban J connectivity index is 1.60. The lowest BCUT2D eigenvalue weighted by molar-refractivity contribution is -0.132. The average molecular weight is 325 g/mol. The molecule has 0 aliphatic rings. The van der Waals surface area contributed by atoms with Gasteiger partial charge in [-0.3, -0.25) is 4.79 Å². The van der Waals surface area contributed by atoms with Gasteiger partial charge in [-0.1, -0.05) is 30.3 Å². The molecule has 0 saturated carbocycles. The van der Waals surface area contributed by atoms with Gasteiger partial charge in [-0.15, -0.1) is 0 Å². The zero-order chi connectivity index (χ0) is 16.9. The zero-order valence-electron chi connectivity index (χ0n) is 13.7. The topological polar surface area (TPSA) is 51.9 Å². The molecule has 0 saturated heterocycles. The largest absolute Gasteiger partial charge is 0.493 e. The van der Waals surface area contributed by atoms with E-state index in [0.717, 1.165) is 16.7 Å². The minimum Gasteiger partial charge on any atom is -0.493 e. The van der Waals surface area contributed by atoms with Gasteiger partial charge in [0.1, 0.15) is 11.3 Å². The maximum absolute atomic E-state index is 12.3. The average Bonchev–Trinajstić information content (AvgIpc) is 3.02. The highest BCUT2D eigenvalue weighted by molar-refractivity contribution is 5.79. The Morgan fingerprint density at radius 1 is 1.08 bits per heavy atom. The van der Waals surface area contributed by atoms with Crippen molar-refractivity contribution in [2.75, 3.05) is 20.8 Å². The van der Waals surface area contributed by atoms with Crippen molar-refractivity contribution in [2.45, 2.75) is 6.54 Å². The fraction of sp³-hybridized carbons (Fsp3) is 0.211. The van der Waals surface area contributed by atoms with Crippen LogP contribution in [0, 0.1) is 0 Å². The standard InChI is InChI=1S/C19H19NO4/c1-20(12-15-11-14-7-3-4-8-16(14)24-15)19(21)13-23-18-10-6-5-9-17(18)22-2/h3-11H,12-13H2,1-2H3. The molecule has 0 aliphatic heterocycles. The lowest BCUT2D eigenvalue weighted by atomic mass is 10.2. The fourth-order valence-electron chi connectivity index (χ4n) is 2.42. The molecule has 2 aromatic carbocycles. The van der Waals surface area contributed by atoms with E-state index in [9.17, 15) is 4.79 Å². The minimum absolute atomic E-state index is 0.0584. The van der Waals surface area contributed by atoms with Crippen LogP contribution in [0.5, 0.6) is 11.5 Å². The summed E-state index contributed by atoms with van der Waals surface area (Å²) in [6.07, 6.45) is 0. The number of furan rings is 1. The third-order valence-corrected chi connectivity index (χ3v) is 3.72. The summed E-state index contributed by atoms with van der Waals surface area (Å²) in [5.74, 6) is 1.75. The van der Waals surface area contributed by atoms with Crippen molar-refractivity contribution in [3.8, 4) is 11.5 Å². The molecule has 0 N–H and O–H groups in total. The van der Waals surface area contributed by atoms with E-state index in [1.54, 1.807) is 31.2 Å². The normalized spacial score (nSPS) is 10.6. The number of carbonyl (C=O) groups is 1. The van der Waals surface area contributed by atoms with Gasteiger partial charge in [-0.25, -0.2) is 0 Å². The number of hydrogen-bond acceptors (Lipinski definition) is 4. The molecule has 0 aliphatic carbocycles. The van der Waals surface area contributed by atoms with Crippen LogP contribution in [0.15, 0.2) is 59.0 Å². The van der Waals surface area contributed by atoms with Crippen LogP contribution < -0.4 is 9.47 Å². The highest BCUT2D eigenvalue weighted by Crippen LogP contribution is 2.25. The molecule has 5 nitrogen and oxygen atoms in total. The van der Waals surface area contributed by atoms with Crippen LogP contribution in [0.4, 0.5) is 0 Å². The predicted molar refractivity (Wildman–Crippen MR) is 91.2 cm³/mol. The summed E-state index contributed by atoms with van der Waals surface area (Å²) in [7, 11) is 3.29. The van der Waals surface area contributed by atoms with Crippen molar-refractivity contribution in [2.24, 2.45) is 0 Å². The third-order valence-electron chi connectivity index (χ3n) is 3.72. The van der Waals surface area contributed by atoms with E-state index in [2.05, 4.69) is 0 Å². The molecule has 124 valence electrons. The maximum Gasteiger partial charge on any atom is 0.260 e. The first-order valence-electron chi connectivity index (χ1n) is 7.64. The maximum atomic E-state index is 12.3. The molecule has 3 aromatic rings. The van der Waals surface area contributed by atoms with Gasteiger partial charge in [0.25, 0.3) is 5.91 Å². The predicted octanol–water partition coefficient (Wildman–Crippen LogP) is 3.48. The molecule has 0 atom stereocenters. The number of likely N-dealkylation sites (N-methyl/N-ethyl adjacent to an activating group) is 1. The van der Waals surface area contributed by atoms with Gasteiger partial charge in [0.2, 0.25) is 0 Å². The van der Waals surface area contributed by atoms with Crippen LogP contribution in [0.2, 0.25) is 0 Å². The van der Waals surface area contributed by atoms with E-state index in [1.807, 2.05) is 42.5 Å². The number of para-hydroxylation sites is 3. The Morgan fingerprint density at radius 3 is 2.54 bits per heavy atom. The summed E-state index contributed by atoms with van der Waals surface area (Å²) in [6.45, 7) is 0.333. The van der Waals surface area contributed by atoms with Crippen LogP contribution in [0.25, 0.3) is 11.0 Å². The van der Waals surface area contributed by atoms with Crippen molar-refractivity contribution in [3.05, 3.63) is 60.4 Å². The first kappa shape index (κ1) is 15.9. The van der Waals surface area contributed by atoms with Crippen molar-refractivity contribution in [1.82, 2.24) is 4.90 Å². The summed E-state index contributed by atoms with van der Waals surface area (Å²) < 4.78 is 16.5. The van der Waals surface area contributed by atoms with Crippen LogP contribution >= 0.6 is 0 Å². The zero-order valence-corrected chi connectivity index (χ0v) is 13.7. The van der Waals surface area contributed by atoms with Gasteiger partial charge in [-0.05, 0) is 24.3 Å². The van der Waals surface area contributed by atoms with E-state index >= 15 is 0 Å². The molecule has 1 aromatic heterocycles. The minimum atomic E-state index is -0.138. The molecule has 3 rings (SSSR count). The van der Waals surface area contributed by atoms with Crippen molar-refractivity contribution in [3.63, 3.8) is 0 Å². The molecule has 1 amide bonds. The quantitative estimate of drug-likeness (QED) is 0.696.